The maximum Gasteiger partial charge on any atom is 0.412 e. The Bertz CT molecular complexity index is 599. The van der Waals surface area contributed by atoms with Crippen LogP contribution in [-0.4, -0.2) is 27.9 Å². The van der Waals surface area contributed by atoms with E-state index in [2.05, 4.69) is 5.32 Å². The lowest BCUT2D eigenvalue weighted by Gasteiger charge is -2.20. The lowest BCUT2D eigenvalue weighted by molar-refractivity contribution is -0.143. The van der Waals surface area contributed by atoms with Crippen molar-refractivity contribution < 1.29 is 24.5 Å². The summed E-state index contributed by atoms with van der Waals surface area (Å²) in [5.41, 5.74) is -0.365. The fourth-order valence-electron chi connectivity index (χ4n) is 2.21. The number of carboxylic acid groups (broad SMARTS) is 1. The van der Waals surface area contributed by atoms with Crippen LogP contribution < -0.4 is 5.32 Å². The van der Waals surface area contributed by atoms with E-state index in [0.29, 0.717) is 19.3 Å². The van der Waals surface area contributed by atoms with Gasteiger partial charge in [0.05, 0.1) is 11.1 Å². The number of hydrogen-bond acceptors (Lipinski definition) is 4. The number of amides is 1. The zero-order chi connectivity index (χ0) is 16.5. The Morgan fingerprint density at radius 2 is 1.95 bits per heavy atom. The summed E-state index contributed by atoms with van der Waals surface area (Å²) in [6.45, 7) is 5.23. The smallest absolute Gasteiger partial charge is 0.412 e. The topological polar surface area (TPSA) is 95.9 Å². The van der Waals surface area contributed by atoms with Gasteiger partial charge in [0.2, 0.25) is 0 Å². The van der Waals surface area contributed by atoms with Crippen molar-refractivity contribution in [2.75, 3.05) is 5.32 Å². The van der Waals surface area contributed by atoms with Crippen LogP contribution in [0.1, 0.15) is 39.2 Å². The molecular formula is C16H21NO5. The zero-order valence-corrected chi connectivity index (χ0v) is 13.0. The second-order valence-corrected chi connectivity index (χ2v) is 6.74. The number of anilines is 1. The number of phenols is 1. The van der Waals surface area contributed by atoms with Crippen LogP contribution in [0.15, 0.2) is 18.2 Å². The number of benzene rings is 1. The molecule has 0 aromatic heterocycles. The zero-order valence-electron chi connectivity index (χ0n) is 13.0. The maximum absolute atomic E-state index is 11.8. The first-order valence-electron chi connectivity index (χ1n) is 7.17. The van der Waals surface area contributed by atoms with Gasteiger partial charge in [-0.2, -0.15) is 0 Å². The Kier molecular flexibility index (Phi) is 4.04. The van der Waals surface area contributed by atoms with Crippen molar-refractivity contribution in [3.05, 3.63) is 23.8 Å². The van der Waals surface area contributed by atoms with Gasteiger partial charge in [-0.05, 0) is 57.7 Å². The number of carbonyl (C=O) groups excluding carboxylic acids is 1. The van der Waals surface area contributed by atoms with Gasteiger partial charge in [0, 0.05) is 0 Å². The molecule has 0 radical (unpaired) electrons. The van der Waals surface area contributed by atoms with Crippen LogP contribution in [0.5, 0.6) is 5.75 Å². The van der Waals surface area contributed by atoms with Crippen LogP contribution in [0.4, 0.5) is 10.5 Å². The number of hydrogen-bond donors (Lipinski definition) is 3. The highest BCUT2D eigenvalue weighted by atomic mass is 16.6. The van der Waals surface area contributed by atoms with E-state index in [0.717, 1.165) is 5.56 Å². The summed E-state index contributed by atoms with van der Waals surface area (Å²) >= 11 is 0. The maximum atomic E-state index is 11.8. The van der Waals surface area contributed by atoms with Crippen LogP contribution >= 0.6 is 0 Å². The summed E-state index contributed by atoms with van der Waals surface area (Å²) in [5.74, 6) is -0.892. The largest absolute Gasteiger partial charge is 0.506 e. The highest BCUT2D eigenvalue weighted by Crippen LogP contribution is 2.49. The summed E-state index contributed by atoms with van der Waals surface area (Å²) < 4.78 is 5.13. The normalized spacial score (nSPS) is 16.0. The van der Waals surface area contributed by atoms with Gasteiger partial charge < -0.3 is 14.9 Å². The molecule has 1 aliphatic rings. The predicted molar refractivity (Wildman–Crippen MR) is 81.0 cm³/mol. The quantitative estimate of drug-likeness (QED) is 0.743. The van der Waals surface area contributed by atoms with Crippen molar-refractivity contribution >= 4 is 17.7 Å². The third-order valence-electron chi connectivity index (χ3n) is 3.55. The van der Waals surface area contributed by atoms with E-state index >= 15 is 0 Å². The van der Waals surface area contributed by atoms with E-state index in [1.165, 1.54) is 6.07 Å². The van der Waals surface area contributed by atoms with Crippen molar-refractivity contribution in [3.63, 3.8) is 0 Å². The Labute approximate surface area is 129 Å². The molecule has 1 aromatic carbocycles. The number of carboxylic acids is 1. The standard InChI is InChI=1S/C16H21NO5/c1-15(2,3)22-14(21)17-11-8-10(4-5-12(11)18)9-16(6-7-16)13(19)20/h4-5,8,18H,6-7,9H2,1-3H3,(H,17,21)(H,19,20). The number of ether oxygens (including phenoxy) is 1. The molecule has 22 heavy (non-hydrogen) atoms. The molecule has 120 valence electrons. The number of carbonyl (C=O) groups is 2. The second-order valence-electron chi connectivity index (χ2n) is 6.74. The molecule has 1 amide bonds. The van der Waals surface area contributed by atoms with Crippen molar-refractivity contribution in [2.45, 2.75) is 45.6 Å². The first-order valence-corrected chi connectivity index (χ1v) is 7.17. The lowest BCUT2D eigenvalue weighted by atomic mass is 9.96. The number of aromatic hydroxyl groups is 1. The fourth-order valence-corrected chi connectivity index (χ4v) is 2.21. The molecule has 1 aliphatic carbocycles. The molecule has 1 fully saturated rings. The van der Waals surface area contributed by atoms with Gasteiger partial charge in [0.15, 0.2) is 0 Å². The van der Waals surface area contributed by atoms with Crippen LogP contribution in [0.2, 0.25) is 0 Å². The monoisotopic (exact) mass is 307 g/mol. The van der Waals surface area contributed by atoms with Gasteiger partial charge >= 0.3 is 12.1 Å². The van der Waals surface area contributed by atoms with E-state index in [-0.39, 0.29) is 11.4 Å². The SMILES string of the molecule is CC(C)(C)OC(=O)Nc1cc(CC2(C(=O)O)CC2)ccc1O. The summed E-state index contributed by atoms with van der Waals surface area (Å²) in [6, 6.07) is 4.70. The van der Waals surface area contributed by atoms with Gasteiger partial charge in [-0.1, -0.05) is 6.07 Å². The predicted octanol–water partition coefficient (Wildman–Crippen LogP) is 3.15. The Morgan fingerprint density at radius 3 is 2.45 bits per heavy atom. The van der Waals surface area contributed by atoms with Crippen LogP contribution in [0.3, 0.4) is 0 Å². The minimum Gasteiger partial charge on any atom is -0.506 e. The highest BCUT2D eigenvalue weighted by Gasteiger charge is 2.49. The highest BCUT2D eigenvalue weighted by molar-refractivity contribution is 5.87. The Balaban J connectivity index is 2.10. The number of rotatable bonds is 4. The van der Waals surface area contributed by atoms with Crippen molar-refractivity contribution in [1.29, 1.82) is 0 Å². The average molecular weight is 307 g/mol. The van der Waals surface area contributed by atoms with E-state index in [1.807, 2.05) is 0 Å². The average Bonchev–Trinajstić information content (AvgIpc) is 3.12. The third-order valence-corrected chi connectivity index (χ3v) is 3.55. The molecule has 0 saturated heterocycles. The molecule has 0 bridgehead atoms. The molecule has 3 N–H and O–H groups in total. The van der Waals surface area contributed by atoms with Gasteiger partial charge in [-0.3, -0.25) is 10.1 Å². The van der Waals surface area contributed by atoms with Gasteiger partial charge in [0.1, 0.15) is 11.4 Å². The summed E-state index contributed by atoms with van der Waals surface area (Å²) in [4.78, 5) is 23.0. The summed E-state index contributed by atoms with van der Waals surface area (Å²) in [6.07, 6.45) is 1.01. The number of aliphatic carboxylic acids is 1. The second kappa shape index (κ2) is 5.51. The molecule has 0 atom stereocenters. The van der Waals surface area contributed by atoms with Crippen molar-refractivity contribution in [2.24, 2.45) is 5.41 Å². The Hall–Kier alpha value is -2.24. The molecule has 0 unspecified atom stereocenters. The minimum absolute atomic E-state index is 0.0882. The van der Waals surface area contributed by atoms with Crippen LogP contribution in [0, 0.1) is 5.41 Å². The van der Waals surface area contributed by atoms with Gasteiger partial charge in [-0.25, -0.2) is 4.79 Å². The molecule has 6 heteroatoms. The molecule has 1 aromatic rings. The first-order chi connectivity index (χ1) is 10.1. The minimum atomic E-state index is -0.803. The van der Waals surface area contributed by atoms with Crippen molar-refractivity contribution in [3.8, 4) is 5.75 Å². The van der Waals surface area contributed by atoms with Gasteiger partial charge in [0.25, 0.3) is 0 Å². The summed E-state index contributed by atoms with van der Waals surface area (Å²) in [5, 5.41) is 21.5. The van der Waals surface area contributed by atoms with Crippen molar-refractivity contribution in [1.82, 2.24) is 0 Å². The van der Waals surface area contributed by atoms with E-state index in [9.17, 15) is 19.8 Å². The third kappa shape index (κ3) is 3.90. The fraction of sp³-hybridized carbons (Fsp3) is 0.500. The van der Waals surface area contributed by atoms with E-state index in [1.54, 1.807) is 32.9 Å². The lowest BCUT2D eigenvalue weighted by Crippen LogP contribution is -2.27. The van der Waals surface area contributed by atoms with E-state index < -0.39 is 23.1 Å². The van der Waals surface area contributed by atoms with Crippen LogP contribution in [-0.2, 0) is 16.0 Å². The molecule has 0 aliphatic heterocycles. The van der Waals surface area contributed by atoms with E-state index in [4.69, 9.17) is 4.74 Å². The molecule has 1 saturated carbocycles. The molecule has 2 rings (SSSR count). The molecular weight excluding hydrogens is 286 g/mol. The van der Waals surface area contributed by atoms with Gasteiger partial charge in [-0.15, -0.1) is 0 Å². The summed E-state index contributed by atoms with van der Waals surface area (Å²) in [7, 11) is 0. The first kappa shape index (κ1) is 16.1. The molecule has 0 heterocycles. The molecule has 0 spiro atoms. The Morgan fingerprint density at radius 1 is 1.32 bits per heavy atom. The van der Waals surface area contributed by atoms with Crippen LogP contribution in [0.25, 0.3) is 0 Å². The number of nitrogens with one attached hydrogen (secondary N) is 1. The molecule has 6 nitrogen and oxygen atoms in total. The number of phenolic OH excluding ortho intramolecular Hbond substituents is 1.